The van der Waals surface area contributed by atoms with Crippen molar-refractivity contribution in [3.05, 3.63) is 89.2 Å². The van der Waals surface area contributed by atoms with Gasteiger partial charge in [0, 0.05) is 16.8 Å². The van der Waals surface area contributed by atoms with E-state index in [-0.39, 0.29) is 10.9 Å². The van der Waals surface area contributed by atoms with Gasteiger partial charge in [0.15, 0.2) is 5.11 Å². The van der Waals surface area contributed by atoms with Gasteiger partial charge in [-0.15, -0.1) is 10.2 Å². The van der Waals surface area contributed by atoms with Gasteiger partial charge in [0.2, 0.25) is 11.8 Å². The summed E-state index contributed by atoms with van der Waals surface area (Å²) in [6.07, 6.45) is 0. The highest BCUT2D eigenvalue weighted by Gasteiger charge is 2.14. The number of benzene rings is 3. The molecule has 0 aliphatic heterocycles. The zero-order valence-corrected chi connectivity index (χ0v) is 17.9. The Bertz CT molecular complexity index is 1260. The van der Waals surface area contributed by atoms with E-state index in [1.807, 2.05) is 12.1 Å². The molecule has 0 unspecified atom stereocenters. The van der Waals surface area contributed by atoms with E-state index in [1.54, 1.807) is 36.4 Å². The van der Waals surface area contributed by atoms with Crippen LogP contribution in [0.3, 0.4) is 0 Å². The molecule has 0 saturated heterocycles. The first-order chi connectivity index (χ1) is 15.5. The highest BCUT2D eigenvalue weighted by atomic mass is 35.5. The molecule has 0 aliphatic carbocycles. The average Bonchev–Trinajstić information content (AvgIpc) is 3.29. The Labute approximate surface area is 192 Å². The summed E-state index contributed by atoms with van der Waals surface area (Å²) in [5.74, 6) is -0.151. The summed E-state index contributed by atoms with van der Waals surface area (Å²) in [4.78, 5) is 12.3. The van der Waals surface area contributed by atoms with Crippen LogP contribution in [0, 0.1) is 5.82 Å². The number of carbonyl (C=O) groups excluding carboxylic acids is 1. The maximum Gasteiger partial charge on any atom is 0.269 e. The van der Waals surface area contributed by atoms with E-state index in [0.29, 0.717) is 39.2 Å². The fraction of sp³-hybridized carbons (Fsp3) is 0. The lowest BCUT2D eigenvalue weighted by molar-refractivity contribution is 0.0944. The van der Waals surface area contributed by atoms with Crippen LogP contribution < -0.4 is 16.2 Å². The van der Waals surface area contributed by atoms with Crippen molar-refractivity contribution in [2.75, 3.05) is 5.32 Å². The molecule has 4 aromatic rings. The van der Waals surface area contributed by atoms with Gasteiger partial charge >= 0.3 is 0 Å². The summed E-state index contributed by atoms with van der Waals surface area (Å²) in [5.41, 5.74) is 7.33. The van der Waals surface area contributed by atoms with Crippen LogP contribution in [0.25, 0.3) is 22.9 Å². The quantitative estimate of drug-likeness (QED) is 0.292. The maximum absolute atomic E-state index is 12.9. The third kappa shape index (κ3) is 5.08. The van der Waals surface area contributed by atoms with E-state index in [9.17, 15) is 9.18 Å². The molecule has 32 heavy (non-hydrogen) atoms. The Hall–Kier alpha value is -3.82. The van der Waals surface area contributed by atoms with Crippen molar-refractivity contribution in [3.8, 4) is 22.9 Å². The van der Waals surface area contributed by atoms with Gasteiger partial charge in [-0.05, 0) is 72.9 Å². The van der Waals surface area contributed by atoms with Gasteiger partial charge in [-0.25, -0.2) is 4.39 Å². The number of nitrogens with zero attached hydrogens (tertiary/aromatic N) is 2. The Morgan fingerprint density at radius 1 is 0.906 bits per heavy atom. The number of hydrogen-bond donors (Lipinski definition) is 3. The Balaban J connectivity index is 1.36. The molecule has 3 N–H and O–H groups in total. The number of rotatable bonds is 4. The van der Waals surface area contributed by atoms with Gasteiger partial charge in [0.25, 0.3) is 5.91 Å². The lowest BCUT2D eigenvalue weighted by Crippen LogP contribution is -2.43. The summed E-state index contributed by atoms with van der Waals surface area (Å²) >= 11 is 11.3. The minimum Gasteiger partial charge on any atom is -0.416 e. The van der Waals surface area contributed by atoms with Crippen molar-refractivity contribution in [1.82, 2.24) is 21.0 Å². The van der Waals surface area contributed by atoms with Crippen molar-refractivity contribution in [2.45, 2.75) is 0 Å². The second kappa shape index (κ2) is 9.54. The smallest absolute Gasteiger partial charge is 0.269 e. The SMILES string of the molecule is O=C(NNC(=S)Nc1ccc(F)cc1)c1ccc(-c2nnc(-c3ccccc3Cl)o2)cc1. The number of carbonyl (C=O) groups is 1. The molecule has 4 rings (SSSR count). The molecule has 3 aromatic carbocycles. The normalized spacial score (nSPS) is 10.4. The molecule has 0 fully saturated rings. The molecule has 0 bridgehead atoms. The van der Waals surface area contributed by atoms with Gasteiger partial charge in [-0.3, -0.25) is 15.6 Å². The lowest BCUT2D eigenvalue weighted by Gasteiger charge is -2.11. The molecule has 1 aromatic heterocycles. The molecule has 1 heterocycles. The lowest BCUT2D eigenvalue weighted by atomic mass is 10.1. The number of nitrogens with one attached hydrogen (secondary N) is 3. The Morgan fingerprint density at radius 3 is 2.31 bits per heavy atom. The van der Waals surface area contributed by atoms with E-state index < -0.39 is 5.91 Å². The second-order valence-electron chi connectivity index (χ2n) is 6.51. The summed E-state index contributed by atoms with van der Waals surface area (Å²) in [7, 11) is 0. The fourth-order valence-electron chi connectivity index (χ4n) is 2.73. The van der Waals surface area contributed by atoms with Crippen LogP contribution in [-0.2, 0) is 0 Å². The first-order valence-corrected chi connectivity index (χ1v) is 10.1. The highest BCUT2D eigenvalue weighted by Crippen LogP contribution is 2.29. The number of amides is 1. The molecule has 10 heteroatoms. The molecule has 0 radical (unpaired) electrons. The standard InChI is InChI=1S/C22H15ClFN5O2S/c23-18-4-2-1-3-17(18)21-28-27-20(31-21)14-7-5-13(6-8-14)19(30)26-29-22(32)25-16-11-9-15(24)10-12-16/h1-12H,(H,26,30)(H2,25,29,32). The van der Waals surface area contributed by atoms with Crippen LogP contribution in [0.2, 0.25) is 5.02 Å². The van der Waals surface area contributed by atoms with Gasteiger partial charge in [0.05, 0.1) is 10.6 Å². The Morgan fingerprint density at radius 2 is 1.59 bits per heavy atom. The topological polar surface area (TPSA) is 92.1 Å². The zero-order valence-electron chi connectivity index (χ0n) is 16.3. The average molecular weight is 468 g/mol. The third-order valence-corrected chi connectivity index (χ3v) is 4.85. The van der Waals surface area contributed by atoms with E-state index >= 15 is 0 Å². The number of thiocarbonyl (C=S) groups is 1. The first kappa shape index (κ1) is 21.4. The molecule has 0 spiro atoms. The minimum atomic E-state index is -0.401. The zero-order chi connectivity index (χ0) is 22.5. The summed E-state index contributed by atoms with van der Waals surface area (Å²) in [6.45, 7) is 0. The summed E-state index contributed by atoms with van der Waals surface area (Å²) < 4.78 is 18.7. The van der Waals surface area contributed by atoms with E-state index in [1.165, 1.54) is 24.3 Å². The van der Waals surface area contributed by atoms with E-state index in [4.69, 9.17) is 28.2 Å². The maximum atomic E-state index is 12.9. The molecule has 7 nitrogen and oxygen atoms in total. The van der Waals surface area contributed by atoms with Crippen molar-refractivity contribution in [1.29, 1.82) is 0 Å². The van der Waals surface area contributed by atoms with Crippen LogP contribution in [0.1, 0.15) is 10.4 Å². The molecular weight excluding hydrogens is 453 g/mol. The van der Waals surface area contributed by atoms with Gasteiger partial charge in [-0.1, -0.05) is 23.7 Å². The minimum absolute atomic E-state index is 0.152. The number of halogens is 2. The molecule has 160 valence electrons. The van der Waals surface area contributed by atoms with Crippen molar-refractivity contribution >= 4 is 40.5 Å². The van der Waals surface area contributed by atoms with Crippen molar-refractivity contribution < 1.29 is 13.6 Å². The van der Waals surface area contributed by atoms with Crippen LogP contribution in [0.5, 0.6) is 0 Å². The number of aromatic nitrogens is 2. The van der Waals surface area contributed by atoms with E-state index in [0.717, 1.165) is 0 Å². The predicted octanol–water partition coefficient (Wildman–Crippen LogP) is 4.83. The Kier molecular flexibility index (Phi) is 6.39. The fourth-order valence-corrected chi connectivity index (χ4v) is 3.11. The number of hydrazine groups is 1. The van der Waals surface area contributed by atoms with Crippen molar-refractivity contribution in [3.63, 3.8) is 0 Å². The molecule has 0 saturated carbocycles. The van der Waals surface area contributed by atoms with Gasteiger partial charge in [-0.2, -0.15) is 0 Å². The first-order valence-electron chi connectivity index (χ1n) is 9.31. The van der Waals surface area contributed by atoms with Crippen molar-refractivity contribution in [2.24, 2.45) is 0 Å². The third-order valence-electron chi connectivity index (χ3n) is 4.31. The number of anilines is 1. The largest absolute Gasteiger partial charge is 0.416 e. The molecule has 0 atom stereocenters. The van der Waals surface area contributed by atoms with Gasteiger partial charge in [0.1, 0.15) is 5.82 Å². The molecular formula is C22H15ClFN5O2S. The molecule has 0 aliphatic rings. The van der Waals surface area contributed by atoms with Gasteiger partial charge < -0.3 is 9.73 Å². The summed E-state index contributed by atoms with van der Waals surface area (Å²) in [6, 6.07) is 19.4. The van der Waals surface area contributed by atoms with Crippen LogP contribution >= 0.6 is 23.8 Å². The van der Waals surface area contributed by atoms with Crippen LogP contribution in [-0.4, -0.2) is 21.2 Å². The predicted molar refractivity (Wildman–Crippen MR) is 123 cm³/mol. The number of hydrogen-bond acceptors (Lipinski definition) is 5. The molecule has 1 amide bonds. The monoisotopic (exact) mass is 467 g/mol. The summed E-state index contributed by atoms with van der Waals surface area (Å²) in [5, 5.41) is 11.6. The van der Waals surface area contributed by atoms with Crippen LogP contribution in [0.15, 0.2) is 77.2 Å². The highest BCUT2D eigenvalue weighted by molar-refractivity contribution is 7.80. The van der Waals surface area contributed by atoms with Crippen LogP contribution in [0.4, 0.5) is 10.1 Å². The second-order valence-corrected chi connectivity index (χ2v) is 7.33. The van der Waals surface area contributed by atoms with E-state index in [2.05, 4.69) is 26.4 Å².